The first-order chi connectivity index (χ1) is 9.52. The van der Waals surface area contributed by atoms with E-state index in [0.29, 0.717) is 21.3 Å². The summed E-state index contributed by atoms with van der Waals surface area (Å²) in [6.07, 6.45) is 0.787. The van der Waals surface area contributed by atoms with Crippen LogP contribution in [0.15, 0.2) is 40.9 Å². The number of amides is 1. The third-order valence-corrected chi connectivity index (χ3v) is 3.77. The lowest BCUT2D eigenvalue weighted by molar-refractivity contribution is 0.102. The predicted octanol–water partition coefficient (Wildman–Crippen LogP) is 4.71. The maximum atomic E-state index is 13.4. The highest BCUT2D eigenvalue weighted by molar-refractivity contribution is 9.10. The molecule has 2 aromatic rings. The van der Waals surface area contributed by atoms with Gasteiger partial charge in [0.15, 0.2) is 0 Å². The summed E-state index contributed by atoms with van der Waals surface area (Å²) in [7, 11) is 0. The van der Waals surface area contributed by atoms with E-state index in [1.165, 1.54) is 6.07 Å². The van der Waals surface area contributed by atoms with Crippen molar-refractivity contribution in [3.8, 4) is 0 Å². The van der Waals surface area contributed by atoms with Gasteiger partial charge in [-0.25, -0.2) is 4.39 Å². The Kier molecular flexibility index (Phi) is 4.55. The fourth-order valence-corrected chi connectivity index (χ4v) is 2.36. The molecule has 0 fully saturated rings. The van der Waals surface area contributed by atoms with Crippen molar-refractivity contribution < 1.29 is 9.18 Å². The Morgan fingerprint density at radius 1 is 1.30 bits per heavy atom. The number of rotatable bonds is 3. The monoisotopic (exact) mass is 335 g/mol. The van der Waals surface area contributed by atoms with E-state index < -0.39 is 0 Å². The first kappa shape index (κ1) is 14.7. The number of hydrogen-bond acceptors (Lipinski definition) is 1. The van der Waals surface area contributed by atoms with Crippen LogP contribution in [0.2, 0.25) is 0 Å². The van der Waals surface area contributed by atoms with Gasteiger partial charge in [0.2, 0.25) is 0 Å². The second-order valence-electron chi connectivity index (χ2n) is 4.55. The molecule has 4 heteroatoms. The number of carbonyl (C=O) groups excluding carboxylic acids is 1. The predicted molar refractivity (Wildman–Crippen MR) is 82.6 cm³/mol. The highest BCUT2D eigenvalue weighted by Crippen LogP contribution is 2.25. The van der Waals surface area contributed by atoms with Gasteiger partial charge in [0, 0.05) is 11.3 Å². The summed E-state index contributed by atoms with van der Waals surface area (Å²) in [6, 6.07) is 10.4. The van der Waals surface area contributed by atoms with E-state index in [-0.39, 0.29) is 11.7 Å². The number of anilines is 1. The number of hydrogen-bond donors (Lipinski definition) is 1. The van der Waals surface area contributed by atoms with E-state index in [1.807, 2.05) is 25.1 Å². The second kappa shape index (κ2) is 6.18. The van der Waals surface area contributed by atoms with Crippen molar-refractivity contribution in [2.24, 2.45) is 0 Å². The average Bonchev–Trinajstić information content (AvgIpc) is 2.44. The van der Waals surface area contributed by atoms with E-state index >= 15 is 0 Å². The third kappa shape index (κ3) is 3.07. The summed E-state index contributed by atoms with van der Waals surface area (Å²) in [4.78, 5) is 12.3. The molecule has 2 rings (SSSR count). The average molecular weight is 336 g/mol. The largest absolute Gasteiger partial charge is 0.322 e. The van der Waals surface area contributed by atoms with Crippen LogP contribution >= 0.6 is 15.9 Å². The second-order valence-corrected chi connectivity index (χ2v) is 5.40. The summed E-state index contributed by atoms with van der Waals surface area (Å²) in [5.41, 5.74) is 2.93. The standard InChI is InChI=1S/C16H15BrFNO/c1-3-11-6-4-5-7-12(11)16(20)19-15-9-13(17)14(18)8-10(15)2/h4-9H,3H2,1-2H3,(H,19,20). The van der Waals surface area contributed by atoms with Crippen LogP contribution in [0.3, 0.4) is 0 Å². The van der Waals surface area contributed by atoms with Gasteiger partial charge in [-0.3, -0.25) is 4.79 Å². The molecule has 0 aliphatic rings. The van der Waals surface area contributed by atoms with Crippen molar-refractivity contribution in [1.82, 2.24) is 0 Å². The zero-order chi connectivity index (χ0) is 14.7. The molecule has 20 heavy (non-hydrogen) atoms. The Morgan fingerprint density at radius 3 is 2.70 bits per heavy atom. The number of aryl methyl sites for hydroxylation is 2. The van der Waals surface area contributed by atoms with Gasteiger partial charge in [-0.1, -0.05) is 25.1 Å². The molecule has 104 valence electrons. The van der Waals surface area contributed by atoms with Gasteiger partial charge < -0.3 is 5.32 Å². The van der Waals surface area contributed by atoms with Crippen molar-refractivity contribution in [3.05, 3.63) is 63.4 Å². The highest BCUT2D eigenvalue weighted by atomic mass is 79.9. The Bertz CT molecular complexity index is 655. The van der Waals surface area contributed by atoms with Crippen LogP contribution in [0, 0.1) is 12.7 Å². The molecule has 0 bridgehead atoms. The van der Waals surface area contributed by atoms with Gasteiger partial charge in [-0.15, -0.1) is 0 Å². The van der Waals surface area contributed by atoms with Gasteiger partial charge in [-0.05, 0) is 58.6 Å². The highest BCUT2D eigenvalue weighted by Gasteiger charge is 2.12. The molecule has 0 radical (unpaired) electrons. The third-order valence-electron chi connectivity index (χ3n) is 3.16. The smallest absolute Gasteiger partial charge is 0.255 e. The van der Waals surface area contributed by atoms with Gasteiger partial charge in [0.05, 0.1) is 4.47 Å². The molecule has 0 saturated heterocycles. The van der Waals surface area contributed by atoms with Crippen molar-refractivity contribution in [1.29, 1.82) is 0 Å². The van der Waals surface area contributed by atoms with Crippen molar-refractivity contribution >= 4 is 27.5 Å². The molecule has 0 aromatic heterocycles. The number of benzene rings is 2. The maximum Gasteiger partial charge on any atom is 0.255 e. The van der Waals surface area contributed by atoms with E-state index in [1.54, 1.807) is 19.1 Å². The van der Waals surface area contributed by atoms with Crippen LogP contribution in [-0.2, 0) is 6.42 Å². The van der Waals surface area contributed by atoms with Crippen molar-refractivity contribution in [2.75, 3.05) is 5.32 Å². The minimum absolute atomic E-state index is 0.177. The van der Waals surface area contributed by atoms with Gasteiger partial charge >= 0.3 is 0 Å². The fraction of sp³-hybridized carbons (Fsp3) is 0.188. The molecule has 1 amide bonds. The molecule has 0 atom stereocenters. The Labute approximate surface area is 126 Å². The molecule has 0 spiro atoms. The minimum atomic E-state index is -0.338. The molecule has 0 aliphatic carbocycles. The summed E-state index contributed by atoms with van der Waals surface area (Å²) >= 11 is 3.13. The summed E-state index contributed by atoms with van der Waals surface area (Å²) in [6.45, 7) is 3.77. The van der Waals surface area contributed by atoms with Crippen LogP contribution < -0.4 is 5.32 Å². The zero-order valence-corrected chi connectivity index (χ0v) is 12.9. The Hall–Kier alpha value is -1.68. The molecule has 0 saturated carbocycles. The molecule has 0 heterocycles. The number of halogens is 2. The topological polar surface area (TPSA) is 29.1 Å². The maximum absolute atomic E-state index is 13.4. The van der Waals surface area contributed by atoms with Gasteiger partial charge in [0.25, 0.3) is 5.91 Å². The van der Waals surface area contributed by atoms with Crippen LogP contribution in [0.5, 0.6) is 0 Å². The van der Waals surface area contributed by atoms with E-state index in [2.05, 4.69) is 21.2 Å². The van der Waals surface area contributed by atoms with Crippen molar-refractivity contribution in [2.45, 2.75) is 20.3 Å². The van der Waals surface area contributed by atoms with Crippen LogP contribution in [0.1, 0.15) is 28.4 Å². The quantitative estimate of drug-likeness (QED) is 0.864. The molecular weight excluding hydrogens is 321 g/mol. The molecular formula is C16H15BrFNO. The molecule has 0 unspecified atom stereocenters. The first-order valence-corrected chi connectivity index (χ1v) is 7.17. The van der Waals surface area contributed by atoms with Gasteiger partial charge in [0.1, 0.15) is 5.82 Å². The van der Waals surface area contributed by atoms with Crippen LogP contribution in [0.4, 0.5) is 10.1 Å². The number of carbonyl (C=O) groups is 1. The number of nitrogens with one attached hydrogen (secondary N) is 1. The summed E-state index contributed by atoms with van der Waals surface area (Å²) < 4.78 is 13.7. The zero-order valence-electron chi connectivity index (χ0n) is 11.3. The molecule has 0 aliphatic heterocycles. The van der Waals surface area contributed by atoms with E-state index in [4.69, 9.17) is 0 Å². The Balaban J connectivity index is 2.30. The van der Waals surface area contributed by atoms with Gasteiger partial charge in [-0.2, -0.15) is 0 Å². The van der Waals surface area contributed by atoms with Crippen LogP contribution in [-0.4, -0.2) is 5.91 Å². The molecule has 2 nitrogen and oxygen atoms in total. The SMILES string of the molecule is CCc1ccccc1C(=O)Nc1cc(Br)c(F)cc1C. The fourth-order valence-electron chi connectivity index (χ4n) is 2.02. The lowest BCUT2D eigenvalue weighted by Crippen LogP contribution is -2.15. The Morgan fingerprint density at radius 2 is 2.00 bits per heavy atom. The summed E-state index contributed by atoms with van der Waals surface area (Å²) in [5.74, 6) is -0.515. The van der Waals surface area contributed by atoms with Crippen LogP contribution in [0.25, 0.3) is 0 Å². The lowest BCUT2D eigenvalue weighted by Gasteiger charge is -2.11. The lowest BCUT2D eigenvalue weighted by atomic mass is 10.0. The van der Waals surface area contributed by atoms with E-state index in [0.717, 1.165) is 12.0 Å². The van der Waals surface area contributed by atoms with Crippen molar-refractivity contribution in [3.63, 3.8) is 0 Å². The molecule has 2 aromatic carbocycles. The minimum Gasteiger partial charge on any atom is -0.322 e. The first-order valence-electron chi connectivity index (χ1n) is 6.37. The molecule has 1 N–H and O–H groups in total. The summed E-state index contributed by atoms with van der Waals surface area (Å²) in [5, 5.41) is 2.83. The normalized spacial score (nSPS) is 10.4. The van der Waals surface area contributed by atoms with E-state index in [9.17, 15) is 9.18 Å².